The monoisotopic (exact) mass is 401 g/mol. The fourth-order valence-corrected chi connectivity index (χ4v) is 4.90. The van der Waals surface area contributed by atoms with Crippen molar-refractivity contribution >= 4 is 28.2 Å². The second-order valence-electron chi connectivity index (χ2n) is 7.32. The molecule has 1 heterocycles. The molecule has 7 heteroatoms. The maximum absolute atomic E-state index is 12.8. The average Bonchev–Trinajstić information content (AvgIpc) is 3.21. The molecule has 1 unspecified atom stereocenters. The highest BCUT2D eigenvalue weighted by atomic mass is 32.1. The Labute approximate surface area is 169 Å². The molecule has 150 valence electrons. The van der Waals surface area contributed by atoms with Crippen molar-refractivity contribution in [3.05, 3.63) is 45.3 Å². The van der Waals surface area contributed by atoms with Crippen molar-refractivity contribution in [1.82, 2.24) is 4.90 Å². The first-order chi connectivity index (χ1) is 13.3. The van der Waals surface area contributed by atoms with Gasteiger partial charge in [-0.15, -0.1) is 11.3 Å². The van der Waals surface area contributed by atoms with Crippen LogP contribution in [0.3, 0.4) is 0 Å². The van der Waals surface area contributed by atoms with Crippen molar-refractivity contribution in [2.24, 2.45) is 5.73 Å². The molecule has 3 N–H and O–H groups in total. The Morgan fingerprint density at radius 3 is 2.79 bits per heavy atom. The molecule has 3 rings (SSSR count). The molecule has 28 heavy (non-hydrogen) atoms. The van der Waals surface area contributed by atoms with Crippen molar-refractivity contribution < 1.29 is 14.3 Å². The maximum atomic E-state index is 12.8. The first kappa shape index (κ1) is 20.4. The number of nitrogens with two attached hydrogens (primary N) is 1. The minimum absolute atomic E-state index is 0.156. The van der Waals surface area contributed by atoms with E-state index in [-0.39, 0.29) is 11.9 Å². The quantitative estimate of drug-likeness (QED) is 0.747. The first-order valence-electron chi connectivity index (χ1n) is 9.40. The molecule has 0 spiro atoms. The van der Waals surface area contributed by atoms with Crippen LogP contribution in [0.15, 0.2) is 18.2 Å². The zero-order chi connectivity index (χ0) is 20.4. The zero-order valence-corrected chi connectivity index (χ0v) is 17.6. The van der Waals surface area contributed by atoms with Gasteiger partial charge in [0.2, 0.25) is 5.91 Å². The summed E-state index contributed by atoms with van der Waals surface area (Å²) >= 11 is 1.48. The van der Waals surface area contributed by atoms with Crippen LogP contribution in [0.25, 0.3) is 0 Å². The van der Waals surface area contributed by atoms with Gasteiger partial charge in [-0.3, -0.25) is 14.5 Å². The van der Waals surface area contributed by atoms with Gasteiger partial charge in [0.05, 0.1) is 18.7 Å². The summed E-state index contributed by atoms with van der Waals surface area (Å²) in [5.41, 5.74) is 9.25. The van der Waals surface area contributed by atoms with Crippen LogP contribution in [0, 0.1) is 6.92 Å². The van der Waals surface area contributed by atoms with E-state index in [1.807, 2.05) is 37.9 Å². The summed E-state index contributed by atoms with van der Waals surface area (Å²) in [4.78, 5) is 27.9. The third-order valence-corrected chi connectivity index (χ3v) is 6.51. The van der Waals surface area contributed by atoms with Crippen LogP contribution in [0.4, 0.5) is 5.00 Å². The van der Waals surface area contributed by atoms with Crippen LogP contribution >= 0.6 is 11.3 Å². The Kier molecular flexibility index (Phi) is 6.05. The van der Waals surface area contributed by atoms with Crippen molar-refractivity contribution in [2.75, 3.05) is 19.5 Å². The summed E-state index contributed by atoms with van der Waals surface area (Å²) in [5, 5.41) is 3.51. The van der Waals surface area contributed by atoms with Crippen LogP contribution < -0.4 is 15.8 Å². The predicted octanol–water partition coefficient (Wildman–Crippen LogP) is 3.11. The molecule has 0 saturated carbocycles. The number of thiophene rings is 1. The number of rotatable bonds is 7. The summed E-state index contributed by atoms with van der Waals surface area (Å²) in [6.07, 6.45) is 2.83. The third-order valence-electron chi connectivity index (χ3n) is 5.30. The number of ether oxygens (including phenoxy) is 1. The summed E-state index contributed by atoms with van der Waals surface area (Å²) < 4.78 is 5.44. The molecule has 1 aliphatic rings. The lowest BCUT2D eigenvalue weighted by molar-refractivity contribution is -0.120. The molecule has 1 atom stereocenters. The molecule has 2 aromatic rings. The highest BCUT2D eigenvalue weighted by Crippen LogP contribution is 2.39. The lowest BCUT2D eigenvalue weighted by Crippen LogP contribution is -2.39. The SMILES string of the molecule is COc1ccc(C)cc1CN(C)C(C)C(=O)Nc1sc2c(c1C(N)=O)CCC2. The van der Waals surface area contributed by atoms with Crippen molar-refractivity contribution in [3.63, 3.8) is 0 Å². The van der Waals surface area contributed by atoms with E-state index in [2.05, 4.69) is 11.4 Å². The fraction of sp³-hybridized carbons (Fsp3) is 0.429. The number of hydrogen-bond donors (Lipinski definition) is 2. The Balaban J connectivity index is 1.73. The van der Waals surface area contributed by atoms with E-state index in [0.717, 1.165) is 46.6 Å². The fourth-order valence-electron chi connectivity index (χ4n) is 3.61. The Bertz CT molecular complexity index is 907. The minimum atomic E-state index is -0.472. The summed E-state index contributed by atoms with van der Waals surface area (Å²) in [7, 11) is 3.54. The molecular formula is C21H27N3O3S. The minimum Gasteiger partial charge on any atom is -0.496 e. The van der Waals surface area contributed by atoms with Crippen LogP contribution in [-0.4, -0.2) is 36.9 Å². The number of likely N-dealkylation sites (N-methyl/N-ethyl adjacent to an activating group) is 1. The zero-order valence-electron chi connectivity index (χ0n) is 16.8. The Morgan fingerprint density at radius 2 is 2.11 bits per heavy atom. The van der Waals surface area contributed by atoms with E-state index in [1.165, 1.54) is 11.3 Å². The van der Waals surface area contributed by atoms with Crippen molar-refractivity contribution in [3.8, 4) is 5.75 Å². The van der Waals surface area contributed by atoms with E-state index in [1.54, 1.807) is 7.11 Å². The molecule has 6 nitrogen and oxygen atoms in total. The van der Waals surface area contributed by atoms with Gasteiger partial charge in [-0.2, -0.15) is 0 Å². The average molecular weight is 402 g/mol. The number of carbonyl (C=O) groups excluding carboxylic acids is 2. The molecule has 1 aromatic heterocycles. The predicted molar refractivity (Wildman–Crippen MR) is 112 cm³/mol. The first-order valence-corrected chi connectivity index (χ1v) is 10.2. The summed E-state index contributed by atoms with van der Waals surface area (Å²) in [6.45, 7) is 4.45. The highest BCUT2D eigenvalue weighted by Gasteiger charge is 2.28. The standard InChI is InChI=1S/C21H27N3O3S/c1-12-8-9-16(27-4)14(10-12)11-24(3)13(2)20(26)23-21-18(19(22)25)15-6-5-7-17(15)28-21/h8-10,13H,5-7,11H2,1-4H3,(H2,22,25)(H,23,26). The van der Waals surface area contributed by atoms with Crippen LogP contribution in [-0.2, 0) is 24.2 Å². The number of anilines is 1. The summed E-state index contributed by atoms with van der Waals surface area (Å²) in [5.74, 6) is 0.174. The van der Waals surface area contributed by atoms with Crippen LogP contribution in [0.2, 0.25) is 0 Å². The number of primary amides is 1. The van der Waals surface area contributed by atoms with Gasteiger partial charge in [-0.05, 0) is 51.8 Å². The normalized spacial score (nSPS) is 14.0. The van der Waals surface area contributed by atoms with Crippen molar-refractivity contribution in [2.45, 2.75) is 45.7 Å². The maximum Gasteiger partial charge on any atom is 0.251 e. The number of amides is 2. The Morgan fingerprint density at radius 1 is 1.36 bits per heavy atom. The molecule has 1 aromatic carbocycles. The molecule has 0 bridgehead atoms. The number of methoxy groups -OCH3 is 1. The second kappa shape index (κ2) is 8.32. The number of nitrogens with one attached hydrogen (secondary N) is 1. The second-order valence-corrected chi connectivity index (χ2v) is 8.43. The van der Waals surface area contributed by atoms with E-state index >= 15 is 0 Å². The molecule has 2 amide bonds. The number of nitrogens with zero attached hydrogens (tertiary/aromatic N) is 1. The van der Waals surface area contributed by atoms with Crippen molar-refractivity contribution in [1.29, 1.82) is 0 Å². The van der Waals surface area contributed by atoms with Gasteiger partial charge in [0.25, 0.3) is 5.91 Å². The van der Waals surface area contributed by atoms with Gasteiger partial charge in [-0.25, -0.2) is 0 Å². The lowest BCUT2D eigenvalue weighted by atomic mass is 10.1. The smallest absolute Gasteiger partial charge is 0.251 e. The van der Waals surface area contributed by atoms with Gasteiger partial charge in [0, 0.05) is 17.0 Å². The lowest BCUT2D eigenvalue weighted by Gasteiger charge is -2.25. The van der Waals surface area contributed by atoms with Gasteiger partial charge in [0.1, 0.15) is 10.8 Å². The van der Waals surface area contributed by atoms with E-state index in [4.69, 9.17) is 10.5 Å². The van der Waals surface area contributed by atoms with Gasteiger partial charge in [0.15, 0.2) is 0 Å². The topological polar surface area (TPSA) is 84.7 Å². The summed E-state index contributed by atoms with van der Waals surface area (Å²) in [6, 6.07) is 5.62. The van der Waals surface area contributed by atoms with Gasteiger partial charge < -0.3 is 15.8 Å². The van der Waals surface area contributed by atoms with E-state index in [9.17, 15) is 9.59 Å². The molecule has 0 aliphatic heterocycles. The molecular weight excluding hydrogens is 374 g/mol. The van der Waals surface area contributed by atoms with Gasteiger partial charge in [-0.1, -0.05) is 17.7 Å². The van der Waals surface area contributed by atoms with E-state index in [0.29, 0.717) is 17.1 Å². The largest absolute Gasteiger partial charge is 0.496 e. The number of carbonyl (C=O) groups is 2. The van der Waals surface area contributed by atoms with Crippen LogP contribution in [0.5, 0.6) is 5.75 Å². The van der Waals surface area contributed by atoms with Crippen LogP contribution in [0.1, 0.15) is 45.3 Å². The molecule has 0 fully saturated rings. The van der Waals surface area contributed by atoms with Gasteiger partial charge >= 0.3 is 0 Å². The number of benzene rings is 1. The number of aryl methyl sites for hydroxylation is 2. The molecule has 1 aliphatic carbocycles. The third kappa shape index (κ3) is 4.05. The highest BCUT2D eigenvalue weighted by molar-refractivity contribution is 7.17. The number of fused-ring (bicyclic) bond motifs is 1. The molecule has 0 saturated heterocycles. The Hall–Kier alpha value is -2.38. The van der Waals surface area contributed by atoms with E-state index < -0.39 is 5.91 Å². The number of hydrogen-bond acceptors (Lipinski definition) is 5. The molecule has 0 radical (unpaired) electrons.